The van der Waals surface area contributed by atoms with Crippen LogP contribution in [0.25, 0.3) is 0 Å². The summed E-state index contributed by atoms with van der Waals surface area (Å²) in [5, 5.41) is 2.57. The molecule has 0 spiro atoms. The molecule has 0 saturated carbocycles. The zero-order valence-electron chi connectivity index (χ0n) is 11.5. The highest BCUT2D eigenvalue weighted by Gasteiger charge is 2.23. The summed E-state index contributed by atoms with van der Waals surface area (Å²) in [5.41, 5.74) is 0.548. The first-order chi connectivity index (χ1) is 9.66. The summed E-state index contributed by atoms with van der Waals surface area (Å²) in [4.78, 5) is 11.6. The zero-order valence-corrected chi connectivity index (χ0v) is 14.7. The van der Waals surface area contributed by atoms with Gasteiger partial charge in [0.05, 0.1) is 0 Å². The van der Waals surface area contributed by atoms with Crippen LogP contribution in [-0.2, 0) is 13.8 Å². The average Bonchev–Trinajstić information content (AvgIpc) is 2.37. The van der Waals surface area contributed by atoms with Crippen LogP contribution in [0.4, 0.5) is 0 Å². The third kappa shape index (κ3) is 5.01. The third-order valence-electron chi connectivity index (χ3n) is 2.55. The number of benzene rings is 1. The van der Waals surface area contributed by atoms with Crippen molar-refractivity contribution in [1.82, 2.24) is 5.32 Å². The van der Waals surface area contributed by atoms with Gasteiger partial charge < -0.3 is 10.1 Å². The smallest absolute Gasteiger partial charge is 0.265 e. The Balaban J connectivity index is 3.13. The van der Waals surface area contributed by atoms with E-state index in [0.717, 1.165) is 0 Å². The van der Waals surface area contributed by atoms with Gasteiger partial charge in [0.15, 0.2) is 6.10 Å². The maximum atomic E-state index is 11.8. The first-order valence-electron chi connectivity index (χ1n) is 5.97. The summed E-state index contributed by atoms with van der Waals surface area (Å²) in [6.07, 6.45) is 0.659. The van der Waals surface area contributed by atoms with Crippen molar-refractivity contribution in [3.63, 3.8) is 0 Å². The predicted molar refractivity (Wildman–Crippen MR) is 85.2 cm³/mol. The Kier molecular flexibility index (Phi) is 6.24. The van der Waals surface area contributed by atoms with Gasteiger partial charge in [-0.3, -0.25) is 4.79 Å². The number of halogens is 2. The number of rotatable bonds is 6. The Morgan fingerprint density at radius 2 is 2.19 bits per heavy atom. The number of carbonyl (C=O) groups is 1. The molecule has 1 unspecified atom stereocenters. The van der Waals surface area contributed by atoms with Crippen molar-refractivity contribution in [3.05, 3.63) is 34.8 Å². The van der Waals surface area contributed by atoms with Gasteiger partial charge in [-0.25, -0.2) is 8.42 Å². The Morgan fingerprint density at radius 1 is 1.57 bits per heavy atom. The van der Waals surface area contributed by atoms with E-state index in [1.54, 1.807) is 13.0 Å². The Hall–Kier alpha value is -1.05. The van der Waals surface area contributed by atoms with Crippen molar-refractivity contribution in [2.45, 2.75) is 24.8 Å². The van der Waals surface area contributed by atoms with Crippen molar-refractivity contribution >= 4 is 41.6 Å². The molecule has 116 valence electrons. The quantitative estimate of drug-likeness (QED) is 0.593. The number of carbonyl (C=O) groups excluding carboxylic acids is 1. The fraction of sp³-hybridized carbons (Fsp3) is 0.308. The molecular formula is C13H15BrClNO4S. The van der Waals surface area contributed by atoms with E-state index in [1.165, 1.54) is 19.1 Å². The summed E-state index contributed by atoms with van der Waals surface area (Å²) < 4.78 is 29.3. The molecule has 1 aromatic carbocycles. The fourth-order valence-electron chi connectivity index (χ4n) is 1.58. The van der Waals surface area contributed by atoms with Gasteiger partial charge in [0.25, 0.3) is 15.0 Å². The standard InChI is InChI=1S/C13H15BrClNO4S/c1-4-5-16-13(17)9(3)20-12-8(2)6-10(14)7-11(12)21(15,18)19/h4,6-7,9H,1,5H2,2-3H3,(H,16,17). The topological polar surface area (TPSA) is 72.5 Å². The van der Waals surface area contributed by atoms with Crippen molar-refractivity contribution in [3.8, 4) is 5.75 Å². The molecule has 0 bridgehead atoms. The van der Waals surface area contributed by atoms with Crippen LogP contribution in [0.15, 0.2) is 34.2 Å². The molecule has 1 aromatic rings. The second kappa shape index (κ2) is 7.29. The molecule has 0 aromatic heterocycles. The molecule has 0 aliphatic carbocycles. The highest BCUT2D eigenvalue weighted by atomic mass is 79.9. The summed E-state index contributed by atoms with van der Waals surface area (Å²) >= 11 is 3.20. The summed E-state index contributed by atoms with van der Waals surface area (Å²) in [5.74, 6) is -0.315. The van der Waals surface area contributed by atoms with Gasteiger partial charge >= 0.3 is 0 Å². The number of hydrogen-bond acceptors (Lipinski definition) is 4. The molecule has 0 aliphatic heterocycles. The Morgan fingerprint density at radius 3 is 2.71 bits per heavy atom. The van der Waals surface area contributed by atoms with Crippen LogP contribution in [0.1, 0.15) is 12.5 Å². The van der Waals surface area contributed by atoms with Crippen molar-refractivity contribution in [1.29, 1.82) is 0 Å². The van der Waals surface area contributed by atoms with E-state index in [-0.39, 0.29) is 16.6 Å². The van der Waals surface area contributed by atoms with Gasteiger partial charge in [0.1, 0.15) is 10.6 Å². The lowest BCUT2D eigenvalue weighted by Gasteiger charge is -2.18. The molecule has 0 aliphatic rings. The minimum atomic E-state index is -4.00. The van der Waals surface area contributed by atoms with E-state index in [9.17, 15) is 13.2 Å². The number of aryl methyl sites for hydroxylation is 1. The molecule has 0 heterocycles. The normalized spacial score (nSPS) is 12.6. The lowest BCUT2D eigenvalue weighted by atomic mass is 10.2. The van der Waals surface area contributed by atoms with E-state index in [1.807, 2.05) is 0 Å². The van der Waals surface area contributed by atoms with E-state index in [0.29, 0.717) is 16.6 Å². The first kappa shape index (κ1) is 18.0. The van der Waals surface area contributed by atoms with Gasteiger partial charge in [-0.2, -0.15) is 0 Å². The fourth-order valence-corrected chi connectivity index (χ4v) is 3.34. The van der Waals surface area contributed by atoms with Gasteiger partial charge in [-0.1, -0.05) is 22.0 Å². The van der Waals surface area contributed by atoms with Gasteiger partial charge in [-0.05, 0) is 31.5 Å². The molecule has 0 radical (unpaired) electrons. The van der Waals surface area contributed by atoms with Crippen LogP contribution in [0.3, 0.4) is 0 Å². The van der Waals surface area contributed by atoms with Crippen molar-refractivity contribution in [2.24, 2.45) is 0 Å². The molecule has 1 amide bonds. The van der Waals surface area contributed by atoms with E-state index in [4.69, 9.17) is 15.4 Å². The number of amides is 1. The molecule has 8 heteroatoms. The SMILES string of the molecule is C=CCNC(=O)C(C)Oc1c(C)cc(Br)cc1S(=O)(=O)Cl. The summed E-state index contributed by atoms with van der Waals surface area (Å²) in [7, 11) is 1.41. The Bertz CT molecular complexity index is 660. The molecule has 1 atom stereocenters. The minimum absolute atomic E-state index is 0.0643. The van der Waals surface area contributed by atoms with E-state index >= 15 is 0 Å². The summed E-state index contributed by atoms with van der Waals surface area (Å²) in [6, 6.07) is 3.01. The van der Waals surface area contributed by atoms with Crippen LogP contribution in [0.2, 0.25) is 0 Å². The molecule has 1 rings (SSSR count). The van der Waals surface area contributed by atoms with Gasteiger partial charge in [-0.15, -0.1) is 6.58 Å². The van der Waals surface area contributed by atoms with Crippen LogP contribution in [0, 0.1) is 6.92 Å². The van der Waals surface area contributed by atoms with Gasteiger partial charge in [0.2, 0.25) is 0 Å². The van der Waals surface area contributed by atoms with E-state index in [2.05, 4.69) is 27.8 Å². The maximum Gasteiger partial charge on any atom is 0.265 e. The third-order valence-corrected chi connectivity index (χ3v) is 4.34. The van der Waals surface area contributed by atoms with Crippen LogP contribution in [-0.4, -0.2) is 27.0 Å². The molecule has 5 nitrogen and oxygen atoms in total. The van der Waals surface area contributed by atoms with Gasteiger partial charge in [0, 0.05) is 21.7 Å². The number of hydrogen-bond donors (Lipinski definition) is 1. The zero-order chi connectivity index (χ0) is 16.2. The average molecular weight is 397 g/mol. The molecular weight excluding hydrogens is 382 g/mol. The number of nitrogens with one attached hydrogen (secondary N) is 1. The second-order valence-corrected chi connectivity index (χ2v) is 7.73. The molecule has 21 heavy (non-hydrogen) atoms. The van der Waals surface area contributed by atoms with Crippen molar-refractivity contribution in [2.75, 3.05) is 6.54 Å². The molecule has 0 fully saturated rings. The monoisotopic (exact) mass is 395 g/mol. The largest absolute Gasteiger partial charge is 0.479 e. The van der Waals surface area contributed by atoms with Crippen molar-refractivity contribution < 1.29 is 17.9 Å². The van der Waals surface area contributed by atoms with E-state index < -0.39 is 15.2 Å². The van der Waals surface area contributed by atoms with Crippen LogP contribution in [0.5, 0.6) is 5.75 Å². The maximum absolute atomic E-state index is 11.8. The minimum Gasteiger partial charge on any atom is -0.479 e. The highest BCUT2D eigenvalue weighted by molar-refractivity contribution is 9.10. The molecule has 0 saturated heterocycles. The predicted octanol–water partition coefficient (Wildman–Crippen LogP) is 2.75. The molecule has 1 N–H and O–H groups in total. The Labute approximate surface area is 136 Å². The van der Waals surface area contributed by atoms with Crippen LogP contribution < -0.4 is 10.1 Å². The van der Waals surface area contributed by atoms with Crippen LogP contribution >= 0.6 is 26.6 Å². The lowest BCUT2D eigenvalue weighted by molar-refractivity contribution is -0.127. The first-order valence-corrected chi connectivity index (χ1v) is 9.07. The summed E-state index contributed by atoms with van der Waals surface area (Å²) in [6.45, 7) is 6.97. The second-order valence-electron chi connectivity index (χ2n) is 4.28. The number of ether oxygens (including phenoxy) is 1. The highest BCUT2D eigenvalue weighted by Crippen LogP contribution is 2.34. The lowest BCUT2D eigenvalue weighted by Crippen LogP contribution is -2.36.